The zero-order chi connectivity index (χ0) is 12.1. The highest BCUT2D eigenvalue weighted by Gasteiger charge is 2.24. The van der Waals surface area contributed by atoms with E-state index in [0.29, 0.717) is 0 Å². The summed E-state index contributed by atoms with van der Waals surface area (Å²) in [6, 6.07) is 10.6. The zero-order valence-corrected chi connectivity index (χ0v) is 10.1. The van der Waals surface area contributed by atoms with Gasteiger partial charge < -0.3 is 10.6 Å². The molecule has 1 saturated heterocycles. The van der Waals surface area contributed by atoms with Crippen molar-refractivity contribution in [3.05, 3.63) is 35.9 Å². The van der Waals surface area contributed by atoms with Crippen molar-refractivity contribution in [3.8, 4) is 0 Å². The van der Waals surface area contributed by atoms with Gasteiger partial charge in [0, 0.05) is 26.1 Å². The van der Waals surface area contributed by atoms with Crippen molar-refractivity contribution in [3.63, 3.8) is 0 Å². The second-order valence-electron chi connectivity index (χ2n) is 4.38. The molecule has 1 aliphatic rings. The SMILES string of the molecule is CC(=O)N[C@@H]1NCCNC1Cc1ccccc1. The number of hydrogen-bond acceptors (Lipinski definition) is 3. The number of nitrogens with one attached hydrogen (secondary N) is 3. The molecule has 1 aromatic rings. The summed E-state index contributed by atoms with van der Waals surface area (Å²) in [5.41, 5.74) is 1.28. The van der Waals surface area contributed by atoms with Gasteiger partial charge in [-0.25, -0.2) is 0 Å². The first kappa shape index (κ1) is 12.1. The number of piperazine rings is 1. The van der Waals surface area contributed by atoms with Crippen molar-refractivity contribution in [2.45, 2.75) is 25.6 Å². The molecule has 1 amide bonds. The van der Waals surface area contributed by atoms with E-state index in [-0.39, 0.29) is 18.1 Å². The lowest BCUT2D eigenvalue weighted by atomic mass is 10.0. The first-order valence-corrected chi connectivity index (χ1v) is 6.03. The minimum absolute atomic E-state index is 0.00395. The van der Waals surface area contributed by atoms with Crippen LogP contribution in [0.15, 0.2) is 30.3 Å². The van der Waals surface area contributed by atoms with Gasteiger partial charge in [-0.2, -0.15) is 0 Å². The summed E-state index contributed by atoms with van der Waals surface area (Å²) in [6.45, 7) is 3.37. The van der Waals surface area contributed by atoms with Crippen molar-refractivity contribution in [2.24, 2.45) is 0 Å². The van der Waals surface area contributed by atoms with Gasteiger partial charge in [0.05, 0.1) is 6.17 Å². The van der Waals surface area contributed by atoms with Crippen LogP contribution in [0.3, 0.4) is 0 Å². The lowest BCUT2D eigenvalue weighted by Gasteiger charge is -2.34. The summed E-state index contributed by atoms with van der Waals surface area (Å²) < 4.78 is 0. The third-order valence-electron chi connectivity index (χ3n) is 2.96. The van der Waals surface area contributed by atoms with Gasteiger partial charge in [-0.3, -0.25) is 10.1 Å². The van der Waals surface area contributed by atoms with E-state index in [1.807, 2.05) is 18.2 Å². The Labute approximate surface area is 102 Å². The maximum absolute atomic E-state index is 11.1. The lowest BCUT2D eigenvalue weighted by Crippen LogP contribution is -2.63. The van der Waals surface area contributed by atoms with Crippen LogP contribution in [0.4, 0.5) is 0 Å². The number of rotatable bonds is 3. The Kier molecular flexibility index (Phi) is 4.12. The van der Waals surface area contributed by atoms with Crippen molar-refractivity contribution in [2.75, 3.05) is 13.1 Å². The van der Waals surface area contributed by atoms with Gasteiger partial charge in [0.25, 0.3) is 0 Å². The molecular formula is C13H19N3O. The monoisotopic (exact) mass is 233 g/mol. The summed E-state index contributed by atoms with van der Waals surface area (Å²) in [5, 5.41) is 9.71. The fourth-order valence-corrected chi connectivity index (χ4v) is 2.17. The molecule has 4 heteroatoms. The van der Waals surface area contributed by atoms with Gasteiger partial charge in [-0.1, -0.05) is 30.3 Å². The molecule has 0 saturated carbocycles. The molecule has 1 aromatic carbocycles. The highest BCUT2D eigenvalue weighted by molar-refractivity contribution is 5.73. The molecule has 0 aliphatic carbocycles. The van der Waals surface area contributed by atoms with Gasteiger partial charge in [-0.05, 0) is 12.0 Å². The first-order chi connectivity index (χ1) is 8.25. The number of benzene rings is 1. The molecule has 0 aromatic heterocycles. The van der Waals surface area contributed by atoms with E-state index < -0.39 is 0 Å². The van der Waals surface area contributed by atoms with Crippen LogP contribution in [-0.2, 0) is 11.2 Å². The second-order valence-corrected chi connectivity index (χ2v) is 4.38. The molecule has 0 radical (unpaired) electrons. The van der Waals surface area contributed by atoms with Gasteiger partial charge in [0.1, 0.15) is 0 Å². The molecule has 17 heavy (non-hydrogen) atoms. The van der Waals surface area contributed by atoms with Crippen LogP contribution in [-0.4, -0.2) is 31.2 Å². The molecule has 2 rings (SSSR count). The topological polar surface area (TPSA) is 53.2 Å². The van der Waals surface area contributed by atoms with Crippen LogP contribution in [0.2, 0.25) is 0 Å². The highest BCUT2D eigenvalue weighted by atomic mass is 16.1. The van der Waals surface area contributed by atoms with Crippen LogP contribution >= 0.6 is 0 Å². The van der Waals surface area contributed by atoms with Crippen LogP contribution in [0.1, 0.15) is 12.5 Å². The number of carbonyl (C=O) groups is 1. The largest absolute Gasteiger partial charge is 0.339 e. The molecular weight excluding hydrogens is 214 g/mol. The Hall–Kier alpha value is -1.39. The summed E-state index contributed by atoms with van der Waals surface area (Å²) in [5.74, 6) is 0.00395. The molecule has 2 atom stereocenters. The van der Waals surface area contributed by atoms with Gasteiger partial charge in [0.2, 0.25) is 5.91 Å². The normalized spacial score (nSPS) is 24.3. The third kappa shape index (κ3) is 3.54. The molecule has 3 N–H and O–H groups in total. The van der Waals surface area contributed by atoms with Crippen LogP contribution in [0.25, 0.3) is 0 Å². The molecule has 92 valence electrons. The van der Waals surface area contributed by atoms with Gasteiger partial charge >= 0.3 is 0 Å². The van der Waals surface area contributed by atoms with Gasteiger partial charge in [0.15, 0.2) is 0 Å². The average molecular weight is 233 g/mol. The molecule has 0 bridgehead atoms. The zero-order valence-electron chi connectivity index (χ0n) is 10.1. The predicted molar refractivity (Wildman–Crippen MR) is 67.5 cm³/mol. The average Bonchev–Trinajstić information content (AvgIpc) is 2.32. The van der Waals surface area contributed by atoms with E-state index in [2.05, 4.69) is 28.1 Å². The first-order valence-electron chi connectivity index (χ1n) is 6.03. The quantitative estimate of drug-likeness (QED) is 0.701. The second kappa shape index (κ2) is 5.80. The Morgan fingerprint density at radius 3 is 2.71 bits per heavy atom. The Morgan fingerprint density at radius 2 is 2.00 bits per heavy atom. The Bertz CT molecular complexity index is 366. The minimum Gasteiger partial charge on any atom is -0.339 e. The number of carbonyl (C=O) groups excluding carboxylic acids is 1. The molecule has 4 nitrogen and oxygen atoms in total. The molecule has 1 fully saturated rings. The summed E-state index contributed by atoms with van der Waals surface area (Å²) >= 11 is 0. The molecule has 1 aliphatic heterocycles. The van der Waals surface area contributed by atoms with Crippen molar-refractivity contribution >= 4 is 5.91 Å². The number of hydrogen-bond donors (Lipinski definition) is 3. The van der Waals surface area contributed by atoms with Gasteiger partial charge in [-0.15, -0.1) is 0 Å². The molecule has 1 heterocycles. The van der Waals surface area contributed by atoms with E-state index in [4.69, 9.17) is 0 Å². The standard InChI is InChI=1S/C13H19N3O/c1-10(17)16-13-12(14-7-8-15-13)9-11-5-3-2-4-6-11/h2-6,12-15H,7-9H2,1H3,(H,16,17)/t12?,13-/m0/s1. The van der Waals surface area contributed by atoms with E-state index in [1.165, 1.54) is 5.56 Å². The van der Waals surface area contributed by atoms with E-state index >= 15 is 0 Å². The number of amides is 1. The van der Waals surface area contributed by atoms with Crippen molar-refractivity contribution in [1.29, 1.82) is 0 Å². The molecule has 0 spiro atoms. The minimum atomic E-state index is 0.00395. The Morgan fingerprint density at radius 1 is 1.29 bits per heavy atom. The third-order valence-corrected chi connectivity index (χ3v) is 2.96. The van der Waals surface area contributed by atoms with Crippen molar-refractivity contribution < 1.29 is 4.79 Å². The fourth-order valence-electron chi connectivity index (χ4n) is 2.17. The van der Waals surface area contributed by atoms with E-state index in [9.17, 15) is 4.79 Å². The summed E-state index contributed by atoms with van der Waals surface area (Å²) in [6.07, 6.45) is 0.931. The highest BCUT2D eigenvalue weighted by Crippen LogP contribution is 2.07. The molecule has 1 unspecified atom stereocenters. The fraction of sp³-hybridized carbons (Fsp3) is 0.462. The maximum Gasteiger partial charge on any atom is 0.218 e. The van der Waals surface area contributed by atoms with Crippen molar-refractivity contribution in [1.82, 2.24) is 16.0 Å². The van der Waals surface area contributed by atoms with E-state index in [0.717, 1.165) is 19.5 Å². The summed E-state index contributed by atoms with van der Waals surface area (Å²) in [7, 11) is 0. The lowest BCUT2D eigenvalue weighted by molar-refractivity contribution is -0.120. The Balaban J connectivity index is 1.99. The summed E-state index contributed by atoms with van der Waals surface area (Å²) in [4.78, 5) is 11.1. The van der Waals surface area contributed by atoms with Crippen LogP contribution in [0, 0.1) is 0 Å². The predicted octanol–water partition coefficient (Wildman–Crippen LogP) is 0.253. The maximum atomic E-state index is 11.1. The van der Waals surface area contributed by atoms with Crippen LogP contribution in [0.5, 0.6) is 0 Å². The van der Waals surface area contributed by atoms with Crippen LogP contribution < -0.4 is 16.0 Å². The van der Waals surface area contributed by atoms with E-state index in [1.54, 1.807) is 6.92 Å². The smallest absolute Gasteiger partial charge is 0.218 e.